The Labute approximate surface area is 138 Å². The van der Waals surface area contributed by atoms with E-state index in [4.69, 9.17) is 4.74 Å². The van der Waals surface area contributed by atoms with Gasteiger partial charge in [0, 0.05) is 31.3 Å². The molecule has 122 valence electrons. The van der Waals surface area contributed by atoms with Gasteiger partial charge in [-0.05, 0) is 40.9 Å². The molecule has 0 radical (unpaired) electrons. The van der Waals surface area contributed by atoms with Crippen LogP contribution in [0.4, 0.5) is 5.69 Å². The number of hydrogen-bond donors (Lipinski definition) is 0. The summed E-state index contributed by atoms with van der Waals surface area (Å²) in [5, 5.41) is 11.0. The number of nitro groups is 1. The summed E-state index contributed by atoms with van der Waals surface area (Å²) in [6.45, 7) is 4.93. The van der Waals surface area contributed by atoms with Gasteiger partial charge in [0.25, 0.3) is 11.6 Å². The Morgan fingerprint density at radius 1 is 1.41 bits per heavy atom. The smallest absolute Gasteiger partial charge is 0.284 e. The minimum absolute atomic E-state index is 0.0883. The first-order valence-electron chi connectivity index (χ1n) is 7.20. The molecule has 1 amide bonds. The van der Waals surface area contributed by atoms with E-state index in [9.17, 15) is 14.9 Å². The van der Waals surface area contributed by atoms with Crippen molar-refractivity contribution in [3.8, 4) is 0 Å². The molecule has 1 aromatic carbocycles. The highest BCUT2D eigenvalue weighted by molar-refractivity contribution is 9.10. The van der Waals surface area contributed by atoms with Crippen LogP contribution < -0.4 is 0 Å². The Kier molecular flexibility index (Phi) is 7.47. The second-order valence-electron chi connectivity index (χ2n) is 4.88. The molecular formula is C15H21BrN2O4. The summed E-state index contributed by atoms with van der Waals surface area (Å²) in [6.07, 6.45) is 1.65. The molecule has 0 N–H and O–H groups in total. The first-order chi connectivity index (χ1) is 10.5. The van der Waals surface area contributed by atoms with Crippen molar-refractivity contribution in [1.82, 2.24) is 4.90 Å². The molecule has 22 heavy (non-hydrogen) atoms. The van der Waals surface area contributed by atoms with Gasteiger partial charge >= 0.3 is 0 Å². The van der Waals surface area contributed by atoms with E-state index in [0.29, 0.717) is 23.2 Å². The number of nitrogens with zero attached hydrogens (tertiary/aromatic N) is 2. The predicted octanol–water partition coefficient (Wildman–Crippen LogP) is 3.63. The van der Waals surface area contributed by atoms with Crippen molar-refractivity contribution in [2.45, 2.75) is 32.7 Å². The second kappa shape index (κ2) is 8.85. The van der Waals surface area contributed by atoms with E-state index >= 15 is 0 Å². The van der Waals surface area contributed by atoms with Crippen LogP contribution in [0.1, 0.15) is 37.0 Å². The number of nitro benzene ring substituents is 1. The van der Waals surface area contributed by atoms with E-state index in [-0.39, 0.29) is 17.6 Å². The Morgan fingerprint density at radius 3 is 2.55 bits per heavy atom. The van der Waals surface area contributed by atoms with Crippen molar-refractivity contribution in [1.29, 1.82) is 0 Å². The monoisotopic (exact) mass is 372 g/mol. The van der Waals surface area contributed by atoms with Gasteiger partial charge in [-0.2, -0.15) is 0 Å². The topological polar surface area (TPSA) is 72.7 Å². The minimum atomic E-state index is -0.502. The van der Waals surface area contributed by atoms with E-state index in [2.05, 4.69) is 15.9 Å². The lowest BCUT2D eigenvalue weighted by Crippen LogP contribution is -2.41. The largest absolute Gasteiger partial charge is 0.383 e. The summed E-state index contributed by atoms with van der Waals surface area (Å²) in [5.41, 5.74) is 0.208. The fourth-order valence-electron chi connectivity index (χ4n) is 2.32. The summed E-state index contributed by atoms with van der Waals surface area (Å²) in [4.78, 5) is 25.0. The Bertz CT molecular complexity index is 532. The molecule has 0 saturated carbocycles. The number of rotatable bonds is 8. The van der Waals surface area contributed by atoms with Crippen LogP contribution in [0, 0.1) is 10.1 Å². The van der Waals surface area contributed by atoms with Gasteiger partial charge in [0.05, 0.1) is 16.0 Å². The van der Waals surface area contributed by atoms with E-state index in [1.165, 1.54) is 12.1 Å². The van der Waals surface area contributed by atoms with Gasteiger partial charge in [0.15, 0.2) is 0 Å². The number of methoxy groups -OCH3 is 1. The summed E-state index contributed by atoms with van der Waals surface area (Å²) >= 11 is 3.13. The number of benzene rings is 1. The normalized spacial score (nSPS) is 10.8. The maximum Gasteiger partial charge on any atom is 0.284 e. The van der Waals surface area contributed by atoms with Crippen molar-refractivity contribution in [2.75, 3.05) is 20.3 Å². The molecular weight excluding hydrogens is 352 g/mol. The van der Waals surface area contributed by atoms with Crippen LogP contribution in [-0.4, -0.2) is 42.0 Å². The van der Waals surface area contributed by atoms with Crippen LogP contribution in [0.3, 0.4) is 0 Å². The third-order valence-electron chi connectivity index (χ3n) is 3.57. The van der Waals surface area contributed by atoms with E-state index < -0.39 is 4.92 Å². The Hall–Kier alpha value is -1.47. The number of ether oxygens (including phenoxy) is 1. The molecule has 0 saturated heterocycles. The maximum absolute atomic E-state index is 12.7. The van der Waals surface area contributed by atoms with Gasteiger partial charge in [0.1, 0.15) is 0 Å². The van der Waals surface area contributed by atoms with E-state index in [1.54, 1.807) is 18.1 Å². The van der Waals surface area contributed by atoms with Crippen molar-refractivity contribution in [3.63, 3.8) is 0 Å². The van der Waals surface area contributed by atoms with Gasteiger partial charge in [-0.3, -0.25) is 14.9 Å². The van der Waals surface area contributed by atoms with Gasteiger partial charge in [-0.25, -0.2) is 0 Å². The molecule has 0 aliphatic carbocycles. The SMILES string of the molecule is CCC(CC)N(CCOC)C(=O)c1ccc(Br)c([N+](=O)[O-])c1. The molecule has 0 atom stereocenters. The molecule has 6 nitrogen and oxygen atoms in total. The average molecular weight is 373 g/mol. The molecule has 0 aromatic heterocycles. The molecule has 1 rings (SSSR count). The molecule has 0 heterocycles. The molecule has 0 fully saturated rings. The highest BCUT2D eigenvalue weighted by Gasteiger charge is 2.24. The van der Waals surface area contributed by atoms with Crippen LogP contribution in [0.5, 0.6) is 0 Å². The fraction of sp³-hybridized carbons (Fsp3) is 0.533. The molecule has 7 heteroatoms. The predicted molar refractivity (Wildman–Crippen MR) is 88.1 cm³/mol. The minimum Gasteiger partial charge on any atom is -0.383 e. The highest BCUT2D eigenvalue weighted by atomic mass is 79.9. The van der Waals surface area contributed by atoms with Crippen LogP contribution in [-0.2, 0) is 4.74 Å². The van der Waals surface area contributed by atoms with Gasteiger partial charge in [-0.1, -0.05) is 13.8 Å². The van der Waals surface area contributed by atoms with Crippen LogP contribution in [0.2, 0.25) is 0 Å². The molecule has 0 aliphatic heterocycles. The highest BCUT2D eigenvalue weighted by Crippen LogP contribution is 2.26. The first-order valence-corrected chi connectivity index (χ1v) is 7.99. The fourth-order valence-corrected chi connectivity index (χ4v) is 2.71. The van der Waals surface area contributed by atoms with Crippen LogP contribution >= 0.6 is 15.9 Å². The molecule has 1 aromatic rings. The average Bonchev–Trinajstić information content (AvgIpc) is 2.51. The third-order valence-corrected chi connectivity index (χ3v) is 4.24. The molecule has 0 aliphatic rings. The summed E-state index contributed by atoms with van der Waals surface area (Å²) in [6, 6.07) is 4.54. The Morgan fingerprint density at radius 2 is 2.05 bits per heavy atom. The summed E-state index contributed by atoms with van der Waals surface area (Å²) in [7, 11) is 1.58. The lowest BCUT2D eigenvalue weighted by molar-refractivity contribution is -0.385. The lowest BCUT2D eigenvalue weighted by Gasteiger charge is -2.30. The number of halogens is 1. The lowest BCUT2D eigenvalue weighted by atomic mass is 10.1. The second-order valence-corrected chi connectivity index (χ2v) is 5.74. The third kappa shape index (κ3) is 4.51. The zero-order valence-electron chi connectivity index (χ0n) is 13.0. The maximum atomic E-state index is 12.7. The number of carbonyl (C=O) groups is 1. The standard InChI is InChI=1S/C15H21BrN2O4/c1-4-12(5-2)17(8-9-22-3)15(19)11-6-7-13(16)14(10-11)18(20)21/h6-7,10,12H,4-5,8-9H2,1-3H3. The van der Waals surface area contributed by atoms with E-state index in [1.807, 2.05) is 13.8 Å². The Balaban J connectivity index is 3.12. The first kappa shape index (κ1) is 18.6. The van der Waals surface area contributed by atoms with Crippen molar-refractivity contribution in [2.24, 2.45) is 0 Å². The zero-order valence-corrected chi connectivity index (χ0v) is 14.6. The molecule has 0 unspecified atom stereocenters. The van der Waals surface area contributed by atoms with Crippen molar-refractivity contribution < 1.29 is 14.5 Å². The van der Waals surface area contributed by atoms with Crippen molar-refractivity contribution >= 4 is 27.5 Å². The summed E-state index contributed by atoms with van der Waals surface area (Å²) in [5.74, 6) is -0.207. The summed E-state index contributed by atoms with van der Waals surface area (Å²) < 4.78 is 5.43. The number of hydrogen-bond acceptors (Lipinski definition) is 4. The molecule has 0 spiro atoms. The van der Waals surface area contributed by atoms with Crippen LogP contribution in [0.15, 0.2) is 22.7 Å². The van der Waals surface area contributed by atoms with Gasteiger partial charge in [-0.15, -0.1) is 0 Å². The number of carbonyl (C=O) groups excluding carboxylic acids is 1. The van der Waals surface area contributed by atoms with Crippen molar-refractivity contribution in [3.05, 3.63) is 38.3 Å². The molecule has 0 bridgehead atoms. The van der Waals surface area contributed by atoms with Gasteiger partial charge in [0.2, 0.25) is 0 Å². The quantitative estimate of drug-likeness (QED) is 0.515. The zero-order chi connectivity index (χ0) is 16.7. The number of amides is 1. The van der Waals surface area contributed by atoms with E-state index in [0.717, 1.165) is 12.8 Å². The van der Waals surface area contributed by atoms with Gasteiger partial charge < -0.3 is 9.64 Å². The van der Waals surface area contributed by atoms with Crippen LogP contribution in [0.25, 0.3) is 0 Å².